The molecule has 0 aliphatic carbocycles. The maximum Gasteiger partial charge on any atom is 0.244 e. The van der Waals surface area contributed by atoms with Crippen molar-refractivity contribution >= 4 is 17.5 Å². The van der Waals surface area contributed by atoms with Gasteiger partial charge < -0.3 is 19.1 Å². The molecule has 106 valence electrons. The summed E-state index contributed by atoms with van der Waals surface area (Å²) >= 11 is 6.19. The van der Waals surface area contributed by atoms with E-state index in [2.05, 4.69) is 0 Å². The first kappa shape index (κ1) is 15.4. The maximum atomic E-state index is 11.9. The number of methoxy groups -OCH3 is 3. The Morgan fingerprint density at radius 3 is 2.11 bits per heavy atom. The zero-order valence-electron chi connectivity index (χ0n) is 11.7. The van der Waals surface area contributed by atoms with Crippen molar-refractivity contribution < 1.29 is 19.0 Å². The highest BCUT2D eigenvalue weighted by atomic mass is 35.5. The molecule has 1 aromatic carbocycles. The minimum Gasteiger partial charge on any atom is -0.493 e. The predicted octanol–water partition coefficient (Wildman–Crippen LogP) is 2.08. The van der Waals surface area contributed by atoms with Gasteiger partial charge in [-0.25, -0.2) is 0 Å². The van der Waals surface area contributed by atoms with E-state index in [4.69, 9.17) is 25.8 Å². The van der Waals surface area contributed by atoms with Gasteiger partial charge in [-0.15, -0.1) is 11.6 Å². The molecule has 0 bridgehead atoms. The third-order valence-electron chi connectivity index (χ3n) is 2.67. The molecule has 5 nitrogen and oxygen atoms in total. The van der Waals surface area contributed by atoms with Gasteiger partial charge in [0.15, 0.2) is 11.5 Å². The van der Waals surface area contributed by atoms with Gasteiger partial charge in [-0.05, 0) is 12.1 Å². The molecule has 0 saturated carbocycles. The number of carbonyl (C=O) groups is 1. The van der Waals surface area contributed by atoms with Gasteiger partial charge in [-0.3, -0.25) is 4.79 Å². The molecule has 0 saturated heterocycles. The molecule has 19 heavy (non-hydrogen) atoms. The lowest BCUT2D eigenvalue weighted by atomic mass is 10.1. The standard InChI is InChI=1S/C13H18ClNO4/c1-15(2)13(16)10(14)8-6-7-9(17-3)12(19-5)11(8)18-4/h6-7,10H,1-5H3. The summed E-state index contributed by atoms with van der Waals surface area (Å²) in [6, 6.07) is 3.38. The third-order valence-corrected chi connectivity index (χ3v) is 3.09. The largest absolute Gasteiger partial charge is 0.493 e. The number of amides is 1. The van der Waals surface area contributed by atoms with Gasteiger partial charge in [0.1, 0.15) is 5.38 Å². The Labute approximate surface area is 118 Å². The highest BCUT2D eigenvalue weighted by molar-refractivity contribution is 6.31. The molecule has 0 fully saturated rings. The number of halogens is 1. The number of benzene rings is 1. The number of ether oxygens (including phenoxy) is 3. The molecule has 6 heteroatoms. The lowest BCUT2D eigenvalue weighted by Crippen LogP contribution is -2.25. The monoisotopic (exact) mass is 287 g/mol. The number of carbonyl (C=O) groups excluding carboxylic acids is 1. The van der Waals surface area contributed by atoms with Gasteiger partial charge in [0.2, 0.25) is 11.7 Å². The van der Waals surface area contributed by atoms with Crippen LogP contribution in [-0.4, -0.2) is 46.2 Å². The van der Waals surface area contributed by atoms with E-state index in [-0.39, 0.29) is 5.91 Å². The van der Waals surface area contributed by atoms with Gasteiger partial charge in [0.05, 0.1) is 21.3 Å². The van der Waals surface area contributed by atoms with Crippen molar-refractivity contribution in [1.29, 1.82) is 0 Å². The first-order chi connectivity index (χ1) is 8.97. The van der Waals surface area contributed by atoms with Crippen molar-refractivity contribution in [1.82, 2.24) is 4.90 Å². The lowest BCUT2D eigenvalue weighted by molar-refractivity contribution is -0.128. The Kier molecular flexibility index (Phi) is 5.30. The molecular formula is C13H18ClNO4. The Hall–Kier alpha value is -1.62. The van der Waals surface area contributed by atoms with Gasteiger partial charge in [0, 0.05) is 19.7 Å². The fourth-order valence-electron chi connectivity index (χ4n) is 1.68. The summed E-state index contributed by atoms with van der Waals surface area (Å²) in [5.41, 5.74) is 0.542. The van der Waals surface area contributed by atoms with E-state index in [1.165, 1.54) is 26.2 Å². The molecule has 1 aromatic rings. The lowest BCUT2D eigenvalue weighted by Gasteiger charge is -2.20. The highest BCUT2D eigenvalue weighted by Gasteiger charge is 2.26. The van der Waals surface area contributed by atoms with Crippen LogP contribution < -0.4 is 14.2 Å². The molecular weight excluding hydrogens is 270 g/mol. The van der Waals surface area contributed by atoms with Crippen LogP contribution in [0.2, 0.25) is 0 Å². The second-order valence-corrected chi connectivity index (χ2v) is 4.46. The van der Waals surface area contributed by atoms with Gasteiger partial charge >= 0.3 is 0 Å². The number of rotatable bonds is 5. The SMILES string of the molecule is COc1ccc(C(Cl)C(=O)N(C)C)c(OC)c1OC. The van der Waals surface area contributed by atoms with E-state index in [0.717, 1.165) is 0 Å². The van der Waals surface area contributed by atoms with Crippen molar-refractivity contribution in [3.05, 3.63) is 17.7 Å². The first-order valence-electron chi connectivity index (χ1n) is 5.62. The average Bonchev–Trinajstić information content (AvgIpc) is 2.43. The molecule has 0 radical (unpaired) electrons. The van der Waals surface area contributed by atoms with Crippen LogP contribution in [0.3, 0.4) is 0 Å². The summed E-state index contributed by atoms with van der Waals surface area (Å²) in [5, 5.41) is -0.843. The summed E-state index contributed by atoms with van der Waals surface area (Å²) in [4.78, 5) is 13.4. The molecule has 0 aliphatic heterocycles. The molecule has 1 amide bonds. The molecule has 0 heterocycles. The zero-order valence-corrected chi connectivity index (χ0v) is 12.4. The van der Waals surface area contributed by atoms with Crippen LogP contribution >= 0.6 is 11.6 Å². The molecule has 0 aliphatic rings. The van der Waals surface area contributed by atoms with E-state index in [1.54, 1.807) is 26.2 Å². The van der Waals surface area contributed by atoms with Crippen LogP contribution in [0, 0.1) is 0 Å². The Balaban J connectivity index is 3.32. The normalized spacial score (nSPS) is 11.7. The van der Waals surface area contributed by atoms with Gasteiger partial charge in [-0.1, -0.05) is 0 Å². The van der Waals surface area contributed by atoms with E-state index in [9.17, 15) is 4.79 Å². The van der Waals surface area contributed by atoms with Crippen LogP contribution in [0.15, 0.2) is 12.1 Å². The quantitative estimate of drug-likeness (QED) is 0.778. The van der Waals surface area contributed by atoms with Crippen LogP contribution in [0.25, 0.3) is 0 Å². The maximum absolute atomic E-state index is 11.9. The van der Waals surface area contributed by atoms with Crippen LogP contribution in [0.4, 0.5) is 0 Å². The second kappa shape index (κ2) is 6.52. The van der Waals surface area contributed by atoms with E-state index >= 15 is 0 Å². The van der Waals surface area contributed by atoms with Crippen molar-refractivity contribution in [3.8, 4) is 17.2 Å². The fraction of sp³-hybridized carbons (Fsp3) is 0.462. The van der Waals surface area contributed by atoms with Crippen LogP contribution in [0.1, 0.15) is 10.9 Å². The molecule has 1 rings (SSSR count). The Morgan fingerprint density at radius 2 is 1.68 bits per heavy atom. The van der Waals surface area contributed by atoms with Gasteiger partial charge in [-0.2, -0.15) is 0 Å². The second-order valence-electron chi connectivity index (χ2n) is 4.02. The molecule has 1 unspecified atom stereocenters. The Bertz CT molecular complexity index is 462. The molecule has 0 spiro atoms. The minimum atomic E-state index is -0.843. The van der Waals surface area contributed by atoms with Crippen LogP contribution in [0.5, 0.6) is 17.2 Å². The van der Waals surface area contributed by atoms with Gasteiger partial charge in [0.25, 0.3) is 0 Å². The minimum absolute atomic E-state index is 0.229. The average molecular weight is 288 g/mol. The van der Waals surface area contributed by atoms with Crippen molar-refractivity contribution in [2.45, 2.75) is 5.38 Å². The summed E-state index contributed by atoms with van der Waals surface area (Å²) in [5.74, 6) is 1.10. The summed E-state index contributed by atoms with van der Waals surface area (Å²) in [6.45, 7) is 0. The predicted molar refractivity (Wildman–Crippen MR) is 73.4 cm³/mol. The summed E-state index contributed by atoms with van der Waals surface area (Å²) < 4.78 is 15.7. The highest BCUT2D eigenvalue weighted by Crippen LogP contribution is 2.43. The number of nitrogens with zero attached hydrogens (tertiary/aromatic N) is 1. The van der Waals surface area contributed by atoms with E-state index < -0.39 is 5.38 Å². The third kappa shape index (κ3) is 3.04. The summed E-state index contributed by atoms with van der Waals surface area (Å²) in [7, 11) is 7.81. The van der Waals surface area contributed by atoms with Crippen molar-refractivity contribution in [3.63, 3.8) is 0 Å². The number of likely N-dealkylation sites (N-methyl/N-ethyl adjacent to an activating group) is 1. The van der Waals surface area contributed by atoms with Crippen molar-refractivity contribution in [2.24, 2.45) is 0 Å². The fourth-order valence-corrected chi connectivity index (χ4v) is 2.05. The molecule has 0 aromatic heterocycles. The number of hydrogen-bond acceptors (Lipinski definition) is 4. The molecule has 0 N–H and O–H groups in total. The molecule has 1 atom stereocenters. The number of hydrogen-bond donors (Lipinski definition) is 0. The topological polar surface area (TPSA) is 48.0 Å². The van der Waals surface area contributed by atoms with Crippen molar-refractivity contribution in [2.75, 3.05) is 35.4 Å². The van der Waals surface area contributed by atoms with Crippen LogP contribution in [-0.2, 0) is 4.79 Å². The number of alkyl halides is 1. The van der Waals surface area contributed by atoms with E-state index in [0.29, 0.717) is 22.8 Å². The summed E-state index contributed by atoms with van der Waals surface area (Å²) in [6.07, 6.45) is 0. The Morgan fingerprint density at radius 1 is 1.11 bits per heavy atom. The van der Waals surface area contributed by atoms with E-state index in [1.807, 2.05) is 0 Å². The smallest absolute Gasteiger partial charge is 0.244 e. The first-order valence-corrected chi connectivity index (χ1v) is 6.05. The zero-order chi connectivity index (χ0) is 14.6.